The van der Waals surface area contributed by atoms with E-state index in [1.807, 2.05) is 53.4 Å². The van der Waals surface area contributed by atoms with Gasteiger partial charge in [0.05, 0.1) is 43.3 Å². The van der Waals surface area contributed by atoms with Gasteiger partial charge in [0.1, 0.15) is 0 Å². The van der Waals surface area contributed by atoms with Crippen LogP contribution in [0.2, 0.25) is 0 Å². The second kappa shape index (κ2) is 9.69. The number of aryl methyl sites for hydroxylation is 1. The molecule has 6 nitrogen and oxygen atoms in total. The summed E-state index contributed by atoms with van der Waals surface area (Å²) in [5.74, 6) is -0.0361. The normalized spacial score (nSPS) is 16.6. The van der Waals surface area contributed by atoms with Gasteiger partial charge in [0.25, 0.3) is 5.91 Å². The fraction of sp³-hybridized carbons (Fsp3) is 0.333. The maximum absolute atomic E-state index is 13.4. The fourth-order valence-electron chi connectivity index (χ4n) is 3.93. The van der Waals surface area contributed by atoms with Crippen LogP contribution in [-0.2, 0) is 17.7 Å². The van der Waals surface area contributed by atoms with Crippen LogP contribution in [0.1, 0.15) is 22.3 Å². The molecule has 1 atom stereocenters. The van der Waals surface area contributed by atoms with Crippen molar-refractivity contribution in [1.82, 2.24) is 14.7 Å². The summed E-state index contributed by atoms with van der Waals surface area (Å²) in [6.07, 6.45) is 3.45. The summed E-state index contributed by atoms with van der Waals surface area (Å²) in [7, 11) is 0. The molecule has 1 N–H and O–H groups in total. The molecule has 1 amide bonds. The average Bonchev–Trinajstić information content (AvgIpc) is 3.22. The van der Waals surface area contributed by atoms with Crippen molar-refractivity contribution in [3.05, 3.63) is 78.0 Å². The quantitative estimate of drug-likeness (QED) is 0.656. The molecule has 4 rings (SSSR count). The molecule has 0 aliphatic carbocycles. The number of carbonyl (C=O) groups is 1. The first kappa shape index (κ1) is 20.3. The summed E-state index contributed by atoms with van der Waals surface area (Å²) in [4.78, 5) is 15.3. The Bertz CT molecular complexity index is 956. The summed E-state index contributed by atoms with van der Waals surface area (Å²) in [5.41, 5.74) is 3.52. The zero-order valence-corrected chi connectivity index (χ0v) is 17.0. The molecule has 0 spiro atoms. The van der Waals surface area contributed by atoms with Gasteiger partial charge >= 0.3 is 0 Å². The molecule has 1 aliphatic heterocycles. The third-order valence-electron chi connectivity index (χ3n) is 5.45. The molecule has 2 aromatic carbocycles. The number of hydrogen-bond acceptors (Lipinski definition) is 4. The van der Waals surface area contributed by atoms with Gasteiger partial charge in [-0.3, -0.25) is 9.48 Å². The van der Waals surface area contributed by atoms with Crippen LogP contribution in [-0.4, -0.2) is 58.1 Å². The molecule has 1 saturated heterocycles. The fourth-order valence-corrected chi connectivity index (χ4v) is 3.93. The van der Waals surface area contributed by atoms with E-state index in [1.54, 1.807) is 10.9 Å². The Labute approximate surface area is 176 Å². The summed E-state index contributed by atoms with van der Waals surface area (Å²) >= 11 is 0. The Hall–Kier alpha value is -2.96. The number of carbonyl (C=O) groups excluding carboxylic acids is 1. The van der Waals surface area contributed by atoms with Crippen molar-refractivity contribution >= 4 is 5.91 Å². The Morgan fingerprint density at radius 1 is 1.10 bits per heavy atom. The molecule has 1 fully saturated rings. The summed E-state index contributed by atoms with van der Waals surface area (Å²) in [6, 6.07) is 20.1. The van der Waals surface area contributed by atoms with Crippen molar-refractivity contribution < 1.29 is 14.6 Å². The molecule has 2 heterocycles. The van der Waals surface area contributed by atoms with Crippen LogP contribution < -0.4 is 0 Å². The number of aromatic nitrogens is 2. The molecule has 1 aliphatic rings. The molecular weight excluding hydrogens is 378 g/mol. The SMILES string of the molecule is O=C(c1cnn(CCO)c1-c1ccccc1)N1CCO[C@H](CCc2ccccc2)C1. The maximum Gasteiger partial charge on any atom is 0.257 e. The predicted molar refractivity (Wildman–Crippen MR) is 115 cm³/mol. The van der Waals surface area contributed by atoms with E-state index in [4.69, 9.17) is 4.74 Å². The molecule has 6 heteroatoms. The number of morpholine rings is 1. The second-order valence-electron chi connectivity index (χ2n) is 7.49. The Morgan fingerprint density at radius 2 is 1.83 bits per heavy atom. The number of nitrogens with zero attached hydrogens (tertiary/aromatic N) is 3. The van der Waals surface area contributed by atoms with Gasteiger partial charge in [-0.15, -0.1) is 0 Å². The number of benzene rings is 2. The third-order valence-corrected chi connectivity index (χ3v) is 5.45. The van der Waals surface area contributed by atoms with Crippen molar-refractivity contribution in [2.45, 2.75) is 25.5 Å². The van der Waals surface area contributed by atoms with E-state index in [0.717, 1.165) is 24.1 Å². The van der Waals surface area contributed by atoms with Crippen molar-refractivity contribution in [2.24, 2.45) is 0 Å². The van der Waals surface area contributed by atoms with Crippen LogP contribution in [0, 0.1) is 0 Å². The first-order valence-corrected chi connectivity index (χ1v) is 10.4. The molecule has 0 unspecified atom stereocenters. The van der Waals surface area contributed by atoms with E-state index in [9.17, 15) is 9.90 Å². The Morgan fingerprint density at radius 3 is 2.57 bits per heavy atom. The predicted octanol–water partition coefficient (Wildman–Crippen LogP) is 3.02. The number of aliphatic hydroxyl groups excluding tert-OH is 1. The number of ether oxygens (including phenoxy) is 1. The molecule has 3 aromatic rings. The lowest BCUT2D eigenvalue weighted by Gasteiger charge is -2.33. The second-order valence-corrected chi connectivity index (χ2v) is 7.49. The van der Waals surface area contributed by atoms with Gasteiger partial charge in [0, 0.05) is 18.7 Å². The highest BCUT2D eigenvalue weighted by molar-refractivity contribution is 6.00. The average molecular weight is 405 g/mol. The lowest BCUT2D eigenvalue weighted by atomic mass is 10.0. The monoisotopic (exact) mass is 405 g/mol. The van der Waals surface area contributed by atoms with Crippen LogP contribution in [0.4, 0.5) is 0 Å². The van der Waals surface area contributed by atoms with Crippen LogP contribution in [0.25, 0.3) is 11.3 Å². The maximum atomic E-state index is 13.4. The molecule has 0 bridgehead atoms. The van der Waals surface area contributed by atoms with E-state index >= 15 is 0 Å². The third kappa shape index (κ3) is 4.61. The van der Waals surface area contributed by atoms with Crippen LogP contribution in [0.3, 0.4) is 0 Å². The number of amides is 1. The first-order valence-electron chi connectivity index (χ1n) is 10.4. The van der Waals surface area contributed by atoms with Crippen LogP contribution in [0.5, 0.6) is 0 Å². The van der Waals surface area contributed by atoms with Crippen molar-refractivity contribution in [3.8, 4) is 11.3 Å². The largest absolute Gasteiger partial charge is 0.394 e. The van der Waals surface area contributed by atoms with Crippen LogP contribution in [0.15, 0.2) is 66.9 Å². The van der Waals surface area contributed by atoms with Crippen LogP contribution >= 0.6 is 0 Å². The lowest BCUT2D eigenvalue weighted by Crippen LogP contribution is -2.45. The molecule has 30 heavy (non-hydrogen) atoms. The minimum absolute atomic E-state index is 0.0237. The van der Waals surface area contributed by atoms with Gasteiger partial charge in [-0.05, 0) is 18.4 Å². The van der Waals surface area contributed by atoms with E-state index in [1.165, 1.54) is 5.56 Å². The number of hydrogen-bond donors (Lipinski definition) is 1. The van der Waals surface area contributed by atoms with Crippen molar-refractivity contribution in [1.29, 1.82) is 0 Å². The highest BCUT2D eigenvalue weighted by Gasteiger charge is 2.28. The van der Waals surface area contributed by atoms with Gasteiger partial charge in [0.15, 0.2) is 0 Å². The topological polar surface area (TPSA) is 67.6 Å². The van der Waals surface area contributed by atoms with Crippen molar-refractivity contribution in [3.63, 3.8) is 0 Å². The smallest absolute Gasteiger partial charge is 0.257 e. The zero-order chi connectivity index (χ0) is 20.8. The Kier molecular flexibility index (Phi) is 6.57. The van der Waals surface area contributed by atoms with Crippen molar-refractivity contribution in [2.75, 3.05) is 26.3 Å². The zero-order valence-electron chi connectivity index (χ0n) is 17.0. The lowest BCUT2D eigenvalue weighted by molar-refractivity contribution is -0.0245. The van der Waals surface area contributed by atoms with E-state index in [2.05, 4.69) is 17.2 Å². The van der Waals surface area contributed by atoms with E-state index < -0.39 is 0 Å². The summed E-state index contributed by atoms with van der Waals surface area (Å²) in [6.45, 7) is 2.00. The van der Waals surface area contributed by atoms with Gasteiger partial charge in [-0.25, -0.2) is 0 Å². The van der Waals surface area contributed by atoms with Gasteiger partial charge in [-0.1, -0.05) is 60.7 Å². The molecule has 0 radical (unpaired) electrons. The number of aliphatic hydroxyl groups is 1. The summed E-state index contributed by atoms with van der Waals surface area (Å²) < 4.78 is 7.63. The van der Waals surface area contributed by atoms with E-state index in [0.29, 0.717) is 31.8 Å². The molecule has 0 saturated carbocycles. The summed E-state index contributed by atoms with van der Waals surface area (Å²) in [5, 5.41) is 13.8. The number of rotatable bonds is 7. The van der Waals surface area contributed by atoms with Gasteiger partial charge < -0.3 is 14.7 Å². The van der Waals surface area contributed by atoms with E-state index in [-0.39, 0.29) is 18.6 Å². The van der Waals surface area contributed by atoms with Gasteiger partial charge in [0.2, 0.25) is 0 Å². The molecule has 1 aromatic heterocycles. The minimum Gasteiger partial charge on any atom is -0.394 e. The highest BCUT2D eigenvalue weighted by atomic mass is 16.5. The van der Waals surface area contributed by atoms with Gasteiger partial charge in [-0.2, -0.15) is 5.10 Å². The minimum atomic E-state index is -0.0361. The Balaban J connectivity index is 1.50. The molecule has 156 valence electrons. The molecular formula is C24H27N3O3. The highest BCUT2D eigenvalue weighted by Crippen LogP contribution is 2.26. The first-order chi connectivity index (χ1) is 14.8. The standard InChI is InChI=1S/C24H27N3O3/c28-15-13-27-23(20-9-5-2-6-10-20)22(17-25-27)24(29)26-14-16-30-21(18-26)12-11-19-7-3-1-4-8-19/h1-10,17,21,28H,11-16,18H2/t21-/m1/s1.